The van der Waals surface area contributed by atoms with Crippen molar-refractivity contribution in [1.82, 2.24) is 0 Å². The van der Waals surface area contributed by atoms with Crippen molar-refractivity contribution < 1.29 is 14.6 Å². The van der Waals surface area contributed by atoms with Crippen LogP contribution >= 0.6 is 22.9 Å². The average Bonchev–Trinajstić information content (AvgIpc) is 2.50. The molecule has 0 aromatic carbocycles. The van der Waals surface area contributed by atoms with Gasteiger partial charge >= 0.3 is 5.97 Å². The number of carboxylic acid groups (broad SMARTS) is 1. The number of hydrogen-bond acceptors (Lipinski definition) is 3. The summed E-state index contributed by atoms with van der Waals surface area (Å²) < 4.78 is 5.91. The lowest BCUT2D eigenvalue weighted by molar-refractivity contribution is -0.138. The molecule has 0 unspecified atom stereocenters. The summed E-state index contributed by atoms with van der Waals surface area (Å²) in [6.45, 7) is 0.818. The highest BCUT2D eigenvalue weighted by atomic mass is 35.5. The van der Waals surface area contributed by atoms with Crippen LogP contribution in [0.5, 0.6) is 0 Å². The summed E-state index contributed by atoms with van der Waals surface area (Å²) in [4.78, 5) is 11.3. The summed E-state index contributed by atoms with van der Waals surface area (Å²) in [6.07, 6.45) is 0.849. The Morgan fingerprint density at radius 2 is 2.29 bits per heavy atom. The minimum absolute atomic E-state index is 0.0607. The van der Waals surface area contributed by atoms with E-state index in [1.165, 1.54) is 11.3 Å². The number of hydrogen-bond donors (Lipinski definition) is 1. The predicted molar refractivity (Wildman–Crippen MR) is 56.1 cm³/mol. The van der Waals surface area contributed by atoms with Crippen molar-refractivity contribution in [2.75, 3.05) is 13.2 Å². The summed E-state index contributed by atoms with van der Waals surface area (Å²) in [5, 5.41) is 8.34. The lowest BCUT2D eigenvalue weighted by atomic mass is 10.4. The van der Waals surface area contributed by atoms with Gasteiger partial charge in [-0.05, 0) is 12.1 Å². The monoisotopic (exact) mass is 234 g/mol. The van der Waals surface area contributed by atoms with Gasteiger partial charge in [-0.2, -0.15) is 0 Å². The van der Waals surface area contributed by atoms with E-state index in [1.54, 1.807) is 0 Å². The first-order chi connectivity index (χ1) is 6.68. The van der Waals surface area contributed by atoms with E-state index in [-0.39, 0.29) is 13.0 Å². The maximum Gasteiger partial charge on any atom is 0.305 e. The Hall–Kier alpha value is -0.580. The molecular weight excluding hydrogens is 224 g/mol. The second kappa shape index (κ2) is 6.01. The SMILES string of the molecule is O=C(O)CCOCCc1ccc(Cl)s1. The highest BCUT2D eigenvalue weighted by molar-refractivity contribution is 7.16. The zero-order valence-electron chi connectivity index (χ0n) is 7.53. The van der Waals surface area contributed by atoms with Crippen molar-refractivity contribution in [2.24, 2.45) is 0 Å². The molecule has 0 spiro atoms. The zero-order chi connectivity index (χ0) is 10.4. The molecule has 1 rings (SSSR count). The van der Waals surface area contributed by atoms with Gasteiger partial charge < -0.3 is 9.84 Å². The number of ether oxygens (including phenoxy) is 1. The van der Waals surface area contributed by atoms with Crippen LogP contribution in [0.1, 0.15) is 11.3 Å². The van der Waals surface area contributed by atoms with Crippen LogP contribution in [0.2, 0.25) is 4.34 Å². The van der Waals surface area contributed by atoms with Crippen LogP contribution in [0.4, 0.5) is 0 Å². The van der Waals surface area contributed by atoms with Gasteiger partial charge in [-0.1, -0.05) is 11.6 Å². The van der Waals surface area contributed by atoms with Gasteiger partial charge in [0, 0.05) is 11.3 Å². The Kier molecular flexibility index (Phi) is 4.93. The number of rotatable bonds is 6. The van der Waals surface area contributed by atoms with Crippen molar-refractivity contribution in [3.05, 3.63) is 21.3 Å². The Bertz CT molecular complexity index is 298. The molecule has 1 aromatic heterocycles. The number of carbonyl (C=O) groups is 1. The van der Waals surface area contributed by atoms with Crippen LogP contribution in [-0.4, -0.2) is 24.3 Å². The van der Waals surface area contributed by atoms with E-state index in [2.05, 4.69) is 0 Å². The smallest absolute Gasteiger partial charge is 0.305 e. The van der Waals surface area contributed by atoms with Gasteiger partial charge in [-0.15, -0.1) is 11.3 Å². The third-order valence-electron chi connectivity index (χ3n) is 1.58. The first-order valence-corrected chi connectivity index (χ1v) is 5.41. The molecule has 0 radical (unpaired) electrons. The molecule has 5 heteroatoms. The van der Waals surface area contributed by atoms with Crippen molar-refractivity contribution >= 4 is 28.9 Å². The Morgan fingerprint density at radius 1 is 1.50 bits per heavy atom. The lowest BCUT2D eigenvalue weighted by Crippen LogP contribution is -2.04. The van der Waals surface area contributed by atoms with E-state index >= 15 is 0 Å². The molecule has 0 aliphatic carbocycles. The molecule has 14 heavy (non-hydrogen) atoms. The van der Waals surface area contributed by atoms with Crippen molar-refractivity contribution in [1.29, 1.82) is 0 Å². The Morgan fingerprint density at radius 3 is 2.86 bits per heavy atom. The topological polar surface area (TPSA) is 46.5 Å². The normalized spacial score (nSPS) is 10.4. The van der Waals surface area contributed by atoms with Crippen LogP contribution in [0.3, 0.4) is 0 Å². The van der Waals surface area contributed by atoms with Crippen LogP contribution in [-0.2, 0) is 16.0 Å². The second-order valence-electron chi connectivity index (χ2n) is 2.71. The van der Waals surface area contributed by atoms with Gasteiger partial charge in [-0.3, -0.25) is 4.79 Å². The van der Waals surface area contributed by atoms with Crippen LogP contribution in [0, 0.1) is 0 Å². The summed E-state index contributed by atoms with van der Waals surface area (Å²) in [6, 6.07) is 3.80. The standard InChI is InChI=1S/C9H11ClO3S/c10-8-2-1-7(14-8)3-5-13-6-4-9(11)12/h1-2H,3-6H2,(H,11,12). The lowest BCUT2D eigenvalue weighted by Gasteiger charge is -1.99. The van der Waals surface area contributed by atoms with Gasteiger partial charge in [-0.25, -0.2) is 0 Å². The Labute approximate surface area is 91.3 Å². The maximum atomic E-state index is 10.1. The van der Waals surface area contributed by atoms with E-state index in [4.69, 9.17) is 21.4 Å². The molecule has 0 aliphatic rings. The molecule has 1 N–H and O–H groups in total. The molecule has 0 aliphatic heterocycles. The van der Waals surface area contributed by atoms with Gasteiger partial charge in [0.15, 0.2) is 0 Å². The average molecular weight is 235 g/mol. The minimum Gasteiger partial charge on any atom is -0.481 e. The first-order valence-electron chi connectivity index (χ1n) is 4.22. The van der Waals surface area contributed by atoms with Gasteiger partial charge in [0.2, 0.25) is 0 Å². The van der Waals surface area contributed by atoms with E-state index in [9.17, 15) is 4.79 Å². The maximum absolute atomic E-state index is 10.1. The van der Waals surface area contributed by atoms with Gasteiger partial charge in [0.05, 0.1) is 24.0 Å². The zero-order valence-corrected chi connectivity index (χ0v) is 9.11. The number of halogens is 1. The van der Waals surface area contributed by atoms with E-state index in [1.807, 2.05) is 12.1 Å². The Balaban J connectivity index is 2.07. The summed E-state index contributed by atoms with van der Waals surface area (Å²) in [5.41, 5.74) is 0. The fourth-order valence-electron chi connectivity index (χ4n) is 0.920. The van der Waals surface area contributed by atoms with Crippen LogP contribution < -0.4 is 0 Å². The first kappa shape index (κ1) is 11.5. The molecule has 1 heterocycles. The third-order valence-corrected chi connectivity index (χ3v) is 2.87. The summed E-state index contributed by atoms with van der Waals surface area (Å²) in [5.74, 6) is -0.829. The minimum atomic E-state index is -0.829. The molecule has 0 atom stereocenters. The molecule has 0 amide bonds. The number of thiophene rings is 1. The van der Waals surface area contributed by atoms with E-state index < -0.39 is 5.97 Å². The van der Waals surface area contributed by atoms with Crippen molar-refractivity contribution in [3.8, 4) is 0 Å². The second-order valence-corrected chi connectivity index (χ2v) is 4.51. The largest absolute Gasteiger partial charge is 0.481 e. The van der Waals surface area contributed by atoms with Crippen molar-refractivity contribution in [2.45, 2.75) is 12.8 Å². The number of carboxylic acids is 1. The highest BCUT2D eigenvalue weighted by Gasteiger charge is 1.99. The number of aliphatic carboxylic acids is 1. The van der Waals surface area contributed by atoms with E-state index in [0.29, 0.717) is 6.61 Å². The highest BCUT2D eigenvalue weighted by Crippen LogP contribution is 2.21. The fraction of sp³-hybridized carbons (Fsp3) is 0.444. The molecule has 0 bridgehead atoms. The molecule has 0 saturated carbocycles. The summed E-state index contributed by atoms with van der Waals surface area (Å²) in [7, 11) is 0. The molecular formula is C9H11ClO3S. The molecule has 1 aromatic rings. The van der Waals surface area contributed by atoms with Gasteiger partial charge in [0.1, 0.15) is 0 Å². The van der Waals surface area contributed by atoms with E-state index in [0.717, 1.165) is 15.6 Å². The van der Waals surface area contributed by atoms with Crippen molar-refractivity contribution in [3.63, 3.8) is 0 Å². The predicted octanol–water partition coefficient (Wildman–Crippen LogP) is 2.44. The third kappa shape index (κ3) is 4.60. The fourth-order valence-corrected chi connectivity index (χ4v) is 1.99. The quantitative estimate of drug-likeness (QED) is 0.769. The molecule has 0 fully saturated rings. The van der Waals surface area contributed by atoms with Crippen LogP contribution in [0.25, 0.3) is 0 Å². The summed E-state index contributed by atoms with van der Waals surface area (Å²) >= 11 is 7.26. The van der Waals surface area contributed by atoms with Gasteiger partial charge in [0.25, 0.3) is 0 Å². The van der Waals surface area contributed by atoms with Crippen LogP contribution in [0.15, 0.2) is 12.1 Å². The molecule has 3 nitrogen and oxygen atoms in total. The molecule has 78 valence electrons. The molecule has 0 saturated heterocycles.